The minimum absolute atomic E-state index is 0.0469. The average molecular weight is 481 g/mol. The van der Waals surface area contributed by atoms with Crippen LogP contribution in [0.2, 0.25) is 0 Å². The molecule has 0 aromatic heterocycles. The lowest BCUT2D eigenvalue weighted by Crippen LogP contribution is -2.51. The molecule has 0 aliphatic carbocycles. The molecule has 0 atom stereocenters. The van der Waals surface area contributed by atoms with Crippen molar-refractivity contribution in [2.24, 2.45) is 16.2 Å². The van der Waals surface area contributed by atoms with Crippen LogP contribution >= 0.6 is 0 Å². The number of piperazine rings is 1. The van der Waals surface area contributed by atoms with Crippen LogP contribution in [0, 0.1) is 5.82 Å². The Morgan fingerprint density at radius 1 is 1.12 bits per heavy atom. The monoisotopic (exact) mass is 481 g/mol. The number of amides is 2. The van der Waals surface area contributed by atoms with E-state index >= 15 is 0 Å². The Balaban J connectivity index is 1.55. The van der Waals surface area contributed by atoms with Gasteiger partial charge >= 0.3 is 12.2 Å². The molecule has 3 rings (SSSR count). The Morgan fingerprint density at radius 3 is 2.50 bits per heavy atom. The fourth-order valence-corrected chi connectivity index (χ4v) is 3.31. The summed E-state index contributed by atoms with van der Waals surface area (Å²) >= 11 is 0. The second-order valence-corrected chi connectivity index (χ2v) is 7.36. The topological polar surface area (TPSA) is 108 Å². The van der Waals surface area contributed by atoms with Crippen LogP contribution in [-0.2, 0) is 12.7 Å². The minimum atomic E-state index is -4.82. The van der Waals surface area contributed by atoms with Gasteiger partial charge in [0.1, 0.15) is 17.3 Å². The molecule has 4 N–H and O–H groups in total. The molecule has 0 spiro atoms. The third-order valence-electron chi connectivity index (χ3n) is 4.92. The molecule has 1 aliphatic heterocycles. The van der Waals surface area contributed by atoms with Crippen molar-refractivity contribution >= 4 is 6.03 Å². The zero-order valence-corrected chi connectivity index (χ0v) is 18.0. The van der Waals surface area contributed by atoms with Gasteiger partial charge in [0, 0.05) is 32.7 Å². The molecule has 1 heterocycles. The summed E-state index contributed by atoms with van der Waals surface area (Å²) in [5.74, 6) is 3.86. The van der Waals surface area contributed by atoms with E-state index < -0.39 is 17.6 Å². The van der Waals surface area contributed by atoms with E-state index in [1.54, 1.807) is 23.1 Å². The van der Waals surface area contributed by atoms with Crippen LogP contribution in [0.25, 0.3) is 0 Å². The molecule has 2 amide bonds. The molecule has 0 unspecified atom stereocenters. The Kier molecular flexibility index (Phi) is 8.02. The van der Waals surface area contributed by atoms with Crippen LogP contribution in [0.3, 0.4) is 0 Å². The number of carbonyl (C=O) groups excluding carboxylic acids is 1. The number of halogens is 4. The number of nitrogens with two attached hydrogens (primary N) is 1. The van der Waals surface area contributed by atoms with E-state index in [2.05, 4.69) is 27.1 Å². The number of ether oxygens (including phenoxy) is 1. The van der Waals surface area contributed by atoms with E-state index in [9.17, 15) is 22.4 Å². The molecule has 0 bridgehead atoms. The Morgan fingerprint density at radius 2 is 1.82 bits per heavy atom. The van der Waals surface area contributed by atoms with E-state index in [1.165, 1.54) is 0 Å². The summed E-state index contributed by atoms with van der Waals surface area (Å²) in [6.45, 7) is 6.24. The Bertz CT molecular complexity index is 1050. The molecule has 1 aliphatic rings. The molecule has 9 nitrogen and oxygen atoms in total. The average Bonchev–Trinajstić information content (AvgIpc) is 2.79. The van der Waals surface area contributed by atoms with Crippen LogP contribution in [0.4, 0.5) is 22.4 Å². The summed E-state index contributed by atoms with van der Waals surface area (Å²) in [5, 5.41) is 9.37. The van der Waals surface area contributed by atoms with Crippen molar-refractivity contribution in [3.8, 4) is 11.5 Å². The first-order valence-corrected chi connectivity index (χ1v) is 10.1. The van der Waals surface area contributed by atoms with Crippen LogP contribution in [0.15, 0.2) is 65.2 Å². The van der Waals surface area contributed by atoms with Crippen molar-refractivity contribution < 1.29 is 27.1 Å². The van der Waals surface area contributed by atoms with Crippen LogP contribution < -0.4 is 21.4 Å². The lowest BCUT2D eigenvalue weighted by atomic mass is 10.1. The van der Waals surface area contributed by atoms with Crippen LogP contribution in [0.1, 0.15) is 11.1 Å². The zero-order valence-electron chi connectivity index (χ0n) is 18.0. The maximum atomic E-state index is 13.5. The van der Waals surface area contributed by atoms with Crippen molar-refractivity contribution in [2.45, 2.75) is 12.7 Å². The fourth-order valence-electron chi connectivity index (χ4n) is 3.31. The van der Waals surface area contributed by atoms with Crippen molar-refractivity contribution in [2.75, 3.05) is 26.2 Å². The molecule has 13 heteroatoms. The van der Waals surface area contributed by atoms with Gasteiger partial charge < -0.3 is 9.64 Å². The van der Waals surface area contributed by atoms with Gasteiger partial charge in [-0.2, -0.15) is 13.2 Å². The van der Waals surface area contributed by atoms with Gasteiger partial charge in [0.2, 0.25) is 0 Å². The fraction of sp³-hybridized carbons (Fsp3) is 0.286. The van der Waals surface area contributed by atoms with E-state index in [4.69, 9.17) is 10.6 Å². The minimum Gasteiger partial charge on any atom is -0.457 e. The van der Waals surface area contributed by atoms with Gasteiger partial charge in [-0.25, -0.2) is 20.6 Å². The summed E-state index contributed by atoms with van der Waals surface area (Å²) in [4.78, 5) is 16.0. The SMILES string of the molecule is C=C(/N=N\NN)NC(=O)N1CCN(Cc2cccc(Oc3ccc(F)c(C(F)(F)F)c3)c2)CC1. The molecule has 2 aromatic carbocycles. The molecule has 182 valence electrons. The predicted molar refractivity (Wildman–Crippen MR) is 115 cm³/mol. The van der Waals surface area contributed by atoms with Gasteiger partial charge in [0.15, 0.2) is 5.82 Å². The van der Waals surface area contributed by atoms with Gasteiger partial charge in [-0.3, -0.25) is 10.2 Å². The van der Waals surface area contributed by atoms with Crippen molar-refractivity contribution in [1.29, 1.82) is 0 Å². The first kappa shape index (κ1) is 24.9. The highest BCUT2D eigenvalue weighted by molar-refractivity contribution is 5.76. The number of urea groups is 1. The Hall–Kier alpha value is -3.71. The molecule has 0 saturated carbocycles. The number of alkyl halides is 3. The van der Waals surface area contributed by atoms with Crippen molar-refractivity contribution in [3.63, 3.8) is 0 Å². The number of hydrazine groups is 1. The standard InChI is InChI=1S/C21H23F4N7O2/c1-14(28-30-29-26)27-20(33)32-9-7-31(8-10-32)13-15-3-2-4-16(11-15)34-17-5-6-19(22)18(12-17)21(23,24)25/h2-6,11-12H,1,7-10,13H2,(H2,26,30)(H,27,33)(H,28,29). The molecular weight excluding hydrogens is 458 g/mol. The quantitative estimate of drug-likeness (QED) is 0.242. The third-order valence-corrected chi connectivity index (χ3v) is 4.92. The summed E-state index contributed by atoms with van der Waals surface area (Å²) in [6.07, 6.45) is -4.82. The first-order valence-electron chi connectivity index (χ1n) is 10.1. The van der Waals surface area contributed by atoms with Crippen LogP contribution in [-0.4, -0.2) is 42.0 Å². The first-order chi connectivity index (χ1) is 16.2. The second-order valence-electron chi connectivity index (χ2n) is 7.36. The normalized spacial score (nSPS) is 14.8. The van der Waals surface area contributed by atoms with Crippen LogP contribution in [0.5, 0.6) is 11.5 Å². The number of hydrogen-bond donors (Lipinski definition) is 3. The van der Waals surface area contributed by atoms with E-state index in [0.717, 1.165) is 17.7 Å². The lowest BCUT2D eigenvalue weighted by Gasteiger charge is -2.34. The predicted octanol–water partition coefficient (Wildman–Crippen LogP) is 3.77. The van der Waals surface area contributed by atoms with Crippen molar-refractivity contribution in [1.82, 2.24) is 20.7 Å². The number of rotatable bonds is 7. The highest BCUT2D eigenvalue weighted by Gasteiger charge is 2.34. The zero-order chi connectivity index (χ0) is 24.7. The summed E-state index contributed by atoms with van der Waals surface area (Å²) < 4.78 is 57.8. The van der Waals surface area contributed by atoms with Gasteiger partial charge in [0.05, 0.1) is 5.56 Å². The second kappa shape index (κ2) is 10.9. The summed E-state index contributed by atoms with van der Waals surface area (Å²) in [7, 11) is 0. The maximum absolute atomic E-state index is 13.5. The number of hydrogen-bond acceptors (Lipinski definition) is 6. The highest BCUT2D eigenvalue weighted by Crippen LogP contribution is 2.35. The lowest BCUT2D eigenvalue weighted by molar-refractivity contribution is -0.140. The van der Waals surface area contributed by atoms with Gasteiger partial charge in [-0.1, -0.05) is 23.9 Å². The molecule has 1 fully saturated rings. The number of carbonyl (C=O) groups is 1. The van der Waals surface area contributed by atoms with Gasteiger partial charge in [-0.05, 0) is 35.9 Å². The Labute approximate surface area is 192 Å². The summed E-state index contributed by atoms with van der Waals surface area (Å²) in [6, 6.07) is 9.04. The molecular formula is C21H23F4N7O2. The number of nitrogens with one attached hydrogen (secondary N) is 2. The molecule has 34 heavy (non-hydrogen) atoms. The molecule has 2 aromatic rings. The third kappa shape index (κ3) is 6.89. The highest BCUT2D eigenvalue weighted by atomic mass is 19.4. The van der Waals surface area contributed by atoms with E-state index in [1.807, 2.05) is 11.6 Å². The molecule has 0 radical (unpaired) electrons. The van der Waals surface area contributed by atoms with Gasteiger partial charge in [0.25, 0.3) is 0 Å². The number of nitrogens with zero attached hydrogens (tertiary/aromatic N) is 4. The largest absolute Gasteiger partial charge is 0.457 e. The maximum Gasteiger partial charge on any atom is 0.419 e. The van der Waals surface area contributed by atoms with Gasteiger partial charge in [-0.15, -0.1) is 5.11 Å². The molecule has 1 saturated heterocycles. The summed E-state index contributed by atoms with van der Waals surface area (Å²) in [5.41, 5.74) is 1.45. The smallest absolute Gasteiger partial charge is 0.419 e. The number of benzene rings is 2. The van der Waals surface area contributed by atoms with E-state index in [0.29, 0.717) is 44.5 Å². The van der Waals surface area contributed by atoms with Crippen molar-refractivity contribution in [3.05, 3.63) is 71.8 Å². The van der Waals surface area contributed by atoms with E-state index in [-0.39, 0.29) is 17.6 Å².